The fraction of sp³-hybridized carbons (Fsp3) is 0.533. The Morgan fingerprint density at radius 2 is 2.11 bits per heavy atom. The van der Waals surface area contributed by atoms with Gasteiger partial charge in [0.1, 0.15) is 6.04 Å². The number of benzene rings is 1. The third-order valence-electron chi connectivity index (χ3n) is 3.54. The van der Waals surface area contributed by atoms with Gasteiger partial charge in [-0.25, -0.2) is 0 Å². The minimum Gasteiger partial charge on any atom is -0.480 e. The van der Waals surface area contributed by atoms with E-state index in [0.29, 0.717) is 12.3 Å². The molecule has 19 heavy (non-hydrogen) atoms. The Hall–Kier alpha value is -1.06. The maximum Gasteiger partial charge on any atom is 0.320 e. The molecule has 0 saturated carbocycles. The summed E-state index contributed by atoms with van der Waals surface area (Å²) in [6.45, 7) is 4.08. The molecule has 0 aromatic heterocycles. The maximum atomic E-state index is 11.3. The number of carbonyl (C=O) groups is 1. The second-order valence-corrected chi connectivity index (χ2v) is 6.14. The Balaban J connectivity index is 2.00. The number of carboxylic acid groups (broad SMARTS) is 1. The van der Waals surface area contributed by atoms with Gasteiger partial charge in [-0.2, -0.15) is 0 Å². The normalized spacial score (nSPS) is 19.5. The number of fused-ring (bicyclic) bond motifs is 1. The minimum atomic E-state index is -0.761. The first kappa shape index (κ1) is 14.4. The van der Waals surface area contributed by atoms with Crippen LogP contribution in [0.15, 0.2) is 18.2 Å². The van der Waals surface area contributed by atoms with Crippen LogP contribution >= 0.6 is 11.6 Å². The monoisotopic (exact) mass is 281 g/mol. The molecule has 2 rings (SSSR count). The third-order valence-corrected chi connectivity index (χ3v) is 3.78. The van der Waals surface area contributed by atoms with Gasteiger partial charge in [0.05, 0.1) is 0 Å². The zero-order valence-corrected chi connectivity index (χ0v) is 12.1. The summed E-state index contributed by atoms with van der Waals surface area (Å²) in [6, 6.07) is 5.66. The highest BCUT2D eigenvalue weighted by Crippen LogP contribution is 2.26. The Morgan fingerprint density at radius 1 is 1.42 bits per heavy atom. The topological polar surface area (TPSA) is 49.3 Å². The van der Waals surface area contributed by atoms with Crippen LogP contribution in [0, 0.1) is 5.92 Å². The summed E-state index contributed by atoms with van der Waals surface area (Å²) >= 11 is 5.98. The molecule has 0 bridgehead atoms. The number of carboxylic acids is 1. The van der Waals surface area contributed by atoms with Crippen LogP contribution in [-0.2, 0) is 17.6 Å². The van der Waals surface area contributed by atoms with Gasteiger partial charge in [-0.1, -0.05) is 31.5 Å². The Morgan fingerprint density at radius 3 is 2.74 bits per heavy atom. The third kappa shape index (κ3) is 3.71. The van der Waals surface area contributed by atoms with Crippen LogP contribution in [0.5, 0.6) is 0 Å². The molecule has 1 aliphatic rings. The fourth-order valence-corrected chi connectivity index (χ4v) is 2.90. The van der Waals surface area contributed by atoms with Gasteiger partial charge in [0.25, 0.3) is 0 Å². The van der Waals surface area contributed by atoms with Crippen LogP contribution in [0.25, 0.3) is 0 Å². The molecule has 0 fully saturated rings. The molecule has 0 heterocycles. The largest absolute Gasteiger partial charge is 0.480 e. The van der Waals surface area contributed by atoms with E-state index in [4.69, 9.17) is 11.6 Å². The summed E-state index contributed by atoms with van der Waals surface area (Å²) in [6.07, 6.45) is 2.40. The van der Waals surface area contributed by atoms with Crippen molar-refractivity contribution in [1.82, 2.24) is 5.32 Å². The highest BCUT2D eigenvalue weighted by molar-refractivity contribution is 6.30. The SMILES string of the molecule is CC(C)CC(NC1Cc2ccc(Cl)cc2C1)C(=O)O. The van der Waals surface area contributed by atoms with E-state index in [1.807, 2.05) is 32.0 Å². The van der Waals surface area contributed by atoms with E-state index >= 15 is 0 Å². The maximum absolute atomic E-state index is 11.3. The lowest BCUT2D eigenvalue weighted by Crippen LogP contribution is -2.44. The number of hydrogen-bond acceptors (Lipinski definition) is 2. The van der Waals surface area contributed by atoms with Crippen molar-refractivity contribution < 1.29 is 9.90 Å². The summed E-state index contributed by atoms with van der Waals surface area (Å²) in [4.78, 5) is 11.3. The lowest BCUT2D eigenvalue weighted by Gasteiger charge is -2.20. The van der Waals surface area contributed by atoms with Crippen LogP contribution in [0.4, 0.5) is 0 Å². The predicted molar refractivity (Wildman–Crippen MR) is 76.7 cm³/mol. The second kappa shape index (κ2) is 5.93. The molecule has 4 heteroatoms. The van der Waals surface area contributed by atoms with Gasteiger partial charge in [0.15, 0.2) is 0 Å². The van der Waals surface area contributed by atoms with Gasteiger partial charge >= 0.3 is 5.97 Å². The van der Waals surface area contributed by atoms with Crippen LogP contribution in [0.2, 0.25) is 5.02 Å². The zero-order chi connectivity index (χ0) is 14.0. The molecule has 0 aliphatic heterocycles. The molecule has 3 nitrogen and oxygen atoms in total. The number of rotatable bonds is 5. The van der Waals surface area contributed by atoms with E-state index in [-0.39, 0.29) is 6.04 Å². The molecule has 2 N–H and O–H groups in total. The number of hydrogen-bond donors (Lipinski definition) is 2. The summed E-state index contributed by atoms with van der Waals surface area (Å²) in [5, 5.41) is 13.3. The molecule has 104 valence electrons. The average Bonchev–Trinajstić information content (AvgIpc) is 2.68. The first-order valence-corrected chi connectivity index (χ1v) is 7.09. The van der Waals surface area contributed by atoms with Crippen molar-refractivity contribution in [3.8, 4) is 0 Å². The molecule has 0 amide bonds. The summed E-state index contributed by atoms with van der Waals surface area (Å²) < 4.78 is 0. The van der Waals surface area contributed by atoms with Gasteiger partial charge < -0.3 is 10.4 Å². The quantitative estimate of drug-likeness (QED) is 0.872. The Kier molecular flexibility index (Phi) is 4.48. The van der Waals surface area contributed by atoms with Crippen molar-refractivity contribution in [2.45, 2.75) is 45.2 Å². The van der Waals surface area contributed by atoms with E-state index in [2.05, 4.69) is 5.32 Å². The molecule has 1 aromatic carbocycles. The summed E-state index contributed by atoms with van der Waals surface area (Å²) in [5.41, 5.74) is 2.51. The molecule has 2 atom stereocenters. The van der Waals surface area contributed by atoms with E-state index in [1.165, 1.54) is 11.1 Å². The molecule has 0 radical (unpaired) electrons. The number of halogens is 1. The smallest absolute Gasteiger partial charge is 0.320 e. The molecular weight excluding hydrogens is 262 g/mol. The lowest BCUT2D eigenvalue weighted by molar-refractivity contribution is -0.140. The molecule has 2 unspecified atom stereocenters. The Bertz CT molecular complexity index is 473. The lowest BCUT2D eigenvalue weighted by atomic mass is 10.0. The van der Waals surface area contributed by atoms with Crippen molar-refractivity contribution in [2.75, 3.05) is 0 Å². The van der Waals surface area contributed by atoms with Crippen molar-refractivity contribution in [3.05, 3.63) is 34.3 Å². The van der Waals surface area contributed by atoms with Gasteiger partial charge in [-0.05, 0) is 48.4 Å². The highest BCUT2D eigenvalue weighted by Gasteiger charge is 2.27. The van der Waals surface area contributed by atoms with E-state index in [0.717, 1.165) is 17.9 Å². The fourth-order valence-electron chi connectivity index (χ4n) is 2.70. The predicted octanol–water partition coefficient (Wildman–Crippen LogP) is 2.90. The molecule has 0 spiro atoms. The first-order valence-electron chi connectivity index (χ1n) is 6.72. The second-order valence-electron chi connectivity index (χ2n) is 5.71. The van der Waals surface area contributed by atoms with Crippen molar-refractivity contribution in [1.29, 1.82) is 0 Å². The van der Waals surface area contributed by atoms with Crippen molar-refractivity contribution in [3.63, 3.8) is 0 Å². The average molecular weight is 282 g/mol. The van der Waals surface area contributed by atoms with Crippen LogP contribution in [-0.4, -0.2) is 23.2 Å². The van der Waals surface area contributed by atoms with Crippen LogP contribution < -0.4 is 5.32 Å². The summed E-state index contributed by atoms with van der Waals surface area (Å²) in [5.74, 6) is -0.394. The molecule has 1 aromatic rings. The van der Waals surface area contributed by atoms with Gasteiger partial charge in [-0.3, -0.25) is 4.79 Å². The highest BCUT2D eigenvalue weighted by atomic mass is 35.5. The minimum absolute atomic E-state index is 0.202. The number of nitrogens with one attached hydrogen (secondary N) is 1. The van der Waals surface area contributed by atoms with E-state index < -0.39 is 12.0 Å². The molecule has 1 aliphatic carbocycles. The van der Waals surface area contributed by atoms with E-state index in [9.17, 15) is 9.90 Å². The van der Waals surface area contributed by atoms with Gasteiger partial charge in [0.2, 0.25) is 0 Å². The first-order chi connectivity index (χ1) is 8.95. The molecular formula is C15H20ClNO2. The summed E-state index contributed by atoms with van der Waals surface area (Å²) in [7, 11) is 0. The van der Waals surface area contributed by atoms with Gasteiger partial charge in [-0.15, -0.1) is 0 Å². The standard InChI is InChI=1S/C15H20ClNO2/c1-9(2)5-14(15(18)19)17-13-7-10-3-4-12(16)6-11(10)8-13/h3-4,6,9,13-14,17H,5,7-8H2,1-2H3,(H,18,19). The molecule has 0 saturated heterocycles. The van der Waals surface area contributed by atoms with E-state index in [1.54, 1.807) is 0 Å². The van der Waals surface area contributed by atoms with Crippen molar-refractivity contribution >= 4 is 17.6 Å². The zero-order valence-electron chi connectivity index (χ0n) is 11.3. The van der Waals surface area contributed by atoms with Gasteiger partial charge in [0, 0.05) is 11.1 Å². The van der Waals surface area contributed by atoms with Crippen molar-refractivity contribution in [2.24, 2.45) is 5.92 Å². The number of aliphatic carboxylic acids is 1. The Labute approximate surface area is 119 Å². The van der Waals surface area contributed by atoms with Crippen LogP contribution in [0.3, 0.4) is 0 Å². The van der Waals surface area contributed by atoms with Crippen LogP contribution in [0.1, 0.15) is 31.4 Å².